The first kappa shape index (κ1) is 9.98. The van der Waals surface area contributed by atoms with Crippen molar-refractivity contribution < 1.29 is 14.3 Å². The van der Waals surface area contributed by atoms with Gasteiger partial charge in [-0.2, -0.15) is 0 Å². The number of methoxy groups -OCH3 is 1. The maximum atomic E-state index is 11.5. The number of hydrogen-bond donors (Lipinski definition) is 0. The first-order valence-corrected chi connectivity index (χ1v) is 5.57. The standard InChI is InChI=1S/C9H6Br2O3/c1-13-7-3-6-4(2-5(7)10)8(12)9(11)14-6/h2-3,9H,1H3. The summed E-state index contributed by atoms with van der Waals surface area (Å²) in [6.07, 6.45) is 0. The molecule has 1 heterocycles. The Balaban J connectivity index is 2.54. The third-order valence-electron chi connectivity index (χ3n) is 1.96. The van der Waals surface area contributed by atoms with Crippen LogP contribution >= 0.6 is 31.9 Å². The average Bonchev–Trinajstić information content (AvgIpc) is 2.43. The van der Waals surface area contributed by atoms with Crippen LogP contribution in [0.5, 0.6) is 11.5 Å². The van der Waals surface area contributed by atoms with E-state index in [-0.39, 0.29) is 5.78 Å². The summed E-state index contributed by atoms with van der Waals surface area (Å²) in [5, 5.41) is -0.573. The lowest BCUT2D eigenvalue weighted by molar-refractivity contribution is 0.0942. The molecule has 0 aromatic heterocycles. The van der Waals surface area contributed by atoms with Crippen LogP contribution in [0.25, 0.3) is 0 Å². The molecule has 0 saturated carbocycles. The first-order chi connectivity index (χ1) is 6.63. The number of Topliss-reactive ketones (excluding diaryl/α,β-unsaturated/α-hetero) is 1. The SMILES string of the molecule is COc1cc2c(cc1Br)C(=O)C(Br)O2. The first-order valence-electron chi connectivity index (χ1n) is 3.86. The van der Waals surface area contributed by atoms with Gasteiger partial charge in [-0.15, -0.1) is 0 Å². The molecule has 0 spiro atoms. The quantitative estimate of drug-likeness (QED) is 0.746. The molecule has 1 unspecified atom stereocenters. The van der Waals surface area contributed by atoms with Gasteiger partial charge in [0.15, 0.2) is 0 Å². The van der Waals surface area contributed by atoms with Crippen LogP contribution in [-0.2, 0) is 0 Å². The van der Waals surface area contributed by atoms with Gasteiger partial charge >= 0.3 is 0 Å². The minimum atomic E-state index is -0.573. The molecular formula is C9H6Br2O3. The summed E-state index contributed by atoms with van der Waals surface area (Å²) in [5.74, 6) is 1.14. The largest absolute Gasteiger partial charge is 0.495 e. The maximum absolute atomic E-state index is 11.5. The van der Waals surface area contributed by atoms with Crippen molar-refractivity contribution in [3.05, 3.63) is 22.2 Å². The number of carbonyl (C=O) groups is 1. The third-order valence-corrected chi connectivity index (χ3v) is 3.18. The van der Waals surface area contributed by atoms with Gasteiger partial charge < -0.3 is 9.47 Å². The Morgan fingerprint density at radius 2 is 2.21 bits per heavy atom. The van der Waals surface area contributed by atoms with Gasteiger partial charge in [0.1, 0.15) is 11.5 Å². The molecular weight excluding hydrogens is 316 g/mol. The van der Waals surface area contributed by atoms with E-state index >= 15 is 0 Å². The minimum absolute atomic E-state index is 0.0663. The monoisotopic (exact) mass is 320 g/mol. The van der Waals surface area contributed by atoms with Crippen LogP contribution in [0.4, 0.5) is 0 Å². The number of carbonyl (C=O) groups excluding carboxylic acids is 1. The van der Waals surface area contributed by atoms with Gasteiger partial charge in [-0.3, -0.25) is 4.79 Å². The van der Waals surface area contributed by atoms with Gasteiger partial charge in [0.25, 0.3) is 0 Å². The minimum Gasteiger partial charge on any atom is -0.495 e. The number of benzene rings is 1. The molecule has 0 saturated heterocycles. The van der Waals surface area contributed by atoms with Crippen LogP contribution in [0.15, 0.2) is 16.6 Å². The van der Waals surface area contributed by atoms with Crippen molar-refractivity contribution >= 4 is 37.6 Å². The second-order valence-electron chi connectivity index (χ2n) is 2.78. The zero-order valence-electron chi connectivity index (χ0n) is 7.21. The molecule has 74 valence electrons. The van der Waals surface area contributed by atoms with Crippen molar-refractivity contribution in [3.8, 4) is 11.5 Å². The topological polar surface area (TPSA) is 35.5 Å². The Morgan fingerprint density at radius 1 is 1.50 bits per heavy atom. The van der Waals surface area contributed by atoms with E-state index in [4.69, 9.17) is 9.47 Å². The number of fused-ring (bicyclic) bond motifs is 1. The molecule has 1 aliphatic rings. The molecule has 0 bridgehead atoms. The highest BCUT2D eigenvalue weighted by atomic mass is 79.9. The number of hydrogen-bond acceptors (Lipinski definition) is 3. The summed E-state index contributed by atoms with van der Waals surface area (Å²) in [5.41, 5.74) is 0.569. The average molecular weight is 322 g/mol. The van der Waals surface area contributed by atoms with Crippen LogP contribution in [0.1, 0.15) is 10.4 Å². The van der Waals surface area contributed by atoms with Crippen molar-refractivity contribution in [1.82, 2.24) is 0 Å². The number of alkyl halides is 1. The molecule has 0 fully saturated rings. The highest BCUT2D eigenvalue weighted by molar-refractivity contribution is 9.10. The molecule has 14 heavy (non-hydrogen) atoms. The van der Waals surface area contributed by atoms with E-state index < -0.39 is 5.01 Å². The third kappa shape index (κ3) is 1.44. The van der Waals surface area contributed by atoms with Gasteiger partial charge in [0.2, 0.25) is 10.8 Å². The predicted molar refractivity (Wildman–Crippen MR) is 58.4 cm³/mol. The van der Waals surface area contributed by atoms with Gasteiger partial charge in [0.05, 0.1) is 17.1 Å². The van der Waals surface area contributed by atoms with Crippen molar-refractivity contribution in [1.29, 1.82) is 0 Å². The Hall–Kier alpha value is -0.550. The molecule has 0 N–H and O–H groups in total. The Kier molecular flexibility index (Phi) is 2.53. The van der Waals surface area contributed by atoms with Crippen LogP contribution in [0.2, 0.25) is 0 Å². The predicted octanol–water partition coefficient (Wildman–Crippen LogP) is 2.75. The summed E-state index contributed by atoms with van der Waals surface area (Å²) in [6, 6.07) is 3.40. The molecule has 0 aliphatic carbocycles. The van der Waals surface area contributed by atoms with E-state index in [1.54, 1.807) is 19.2 Å². The van der Waals surface area contributed by atoms with Crippen LogP contribution in [0.3, 0.4) is 0 Å². The lowest BCUT2D eigenvalue weighted by Gasteiger charge is -2.04. The Labute approximate surface area is 97.6 Å². The van der Waals surface area contributed by atoms with Crippen LogP contribution in [0, 0.1) is 0 Å². The zero-order valence-corrected chi connectivity index (χ0v) is 10.4. The van der Waals surface area contributed by atoms with Crippen molar-refractivity contribution in [3.63, 3.8) is 0 Å². The van der Waals surface area contributed by atoms with Crippen LogP contribution in [-0.4, -0.2) is 17.9 Å². The lowest BCUT2D eigenvalue weighted by atomic mass is 10.1. The molecule has 1 aromatic carbocycles. The van der Waals surface area contributed by atoms with Crippen LogP contribution < -0.4 is 9.47 Å². The van der Waals surface area contributed by atoms with E-state index in [1.165, 1.54) is 0 Å². The number of halogens is 2. The Morgan fingerprint density at radius 3 is 2.86 bits per heavy atom. The van der Waals surface area contributed by atoms with E-state index in [0.29, 0.717) is 17.1 Å². The second kappa shape index (κ2) is 3.55. The van der Waals surface area contributed by atoms with Gasteiger partial charge in [0, 0.05) is 6.07 Å². The second-order valence-corrected chi connectivity index (χ2v) is 4.47. The zero-order chi connectivity index (χ0) is 10.3. The summed E-state index contributed by atoms with van der Waals surface area (Å²) < 4.78 is 11.1. The fourth-order valence-corrected chi connectivity index (χ4v) is 2.22. The molecule has 3 nitrogen and oxygen atoms in total. The van der Waals surface area contributed by atoms with Crippen molar-refractivity contribution in [2.75, 3.05) is 7.11 Å². The fraction of sp³-hybridized carbons (Fsp3) is 0.222. The summed E-state index contributed by atoms with van der Waals surface area (Å²) in [7, 11) is 1.56. The van der Waals surface area contributed by atoms with E-state index in [2.05, 4.69) is 31.9 Å². The molecule has 1 aliphatic heterocycles. The molecule has 0 amide bonds. The normalized spacial score (nSPS) is 19.1. The number of ether oxygens (including phenoxy) is 2. The highest BCUT2D eigenvalue weighted by Crippen LogP contribution is 2.38. The van der Waals surface area contributed by atoms with Gasteiger partial charge in [-0.1, -0.05) is 0 Å². The van der Waals surface area contributed by atoms with Gasteiger partial charge in [-0.25, -0.2) is 0 Å². The molecule has 0 radical (unpaired) electrons. The summed E-state index contributed by atoms with van der Waals surface area (Å²) in [6.45, 7) is 0. The summed E-state index contributed by atoms with van der Waals surface area (Å²) in [4.78, 5) is 11.5. The van der Waals surface area contributed by atoms with Crippen molar-refractivity contribution in [2.24, 2.45) is 0 Å². The maximum Gasteiger partial charge on any atom is 0.218 e. The molecule has 2 rings (SSSR count). The Bertz CT molecular complexity index is 403. The molecule has 1 aromatic rings. The lowest BCUT2D eigenvalue weighted by Crippen LogP contribution is -2.10. The molecule has 5 heteroatoms. The smallest absolute Gasteiger partial charge is 0.218 e. The van der Waals surface area contributed by atoms with E-state index in [1.807, 2.05) is 0 Å². The van der Waals surface area contributed by atoms with Crippen molar-refractivity contribution in [2.45, 2.75) is 5.01 Å². The van der Waals surface area contributed by atoms with E-state index in [0.717, 1.165) is 4.47 Å². The summed E-state index contributed by atoms with van der Waals surface area (Å²) >= 11 is 6.44. The molecule has 1 atom stereocenters. The number of rotatable bonds is 1. The van der Waals surface area contributed by atoms with Gasteiger partial charge in [-0.05, 0) is 37.9 Å². The number of ketones is 1. The van der Waals surface area contributed by atoms with E-state index in [9.17, 15) is 4.79 Å². The highest BCUT2D eigenvalue weighted by Gasteiger charge is 2.31. The fourth-order valence-electron chi connectivity index (χ4n) is 1.27.